The van der Waals surface area contributed by atoms with Crippen LogP contribution in [0.5, 0.6) is 23.0 Å². The summed E-state index contributed by atoms with van der Waals surface area (Å²) in [4.78, 5) is 12.2. The Kier molecular flexibility index (Phi) is 8.31. The highest BCUT2D eigenvalue weighted by molar-refractivity contribution is 5.87. The van der Waals surface area contributed by atoms with Gasteiger partial charge in [0.15, 0.2) is 35.4 Å². The molecule has 1 aliphatic heterocycles. The fourth-order valence-electron chi connectivity index (χ4n) is 3.34. The van der Waals surface area contributed by atoms with Crippen LogP contribution in [0.3, 0.4) is 0 Å². The molecule has 3 rings (SSSR count). The summed E-state index contributed by atoms with van der Waals surface area (Å²) in [5.41, 5.74) is 1.03. The van der Waals surface area contributed by atoms with Gasteiger partial charge in [0, 0.05) is 6.08 Å². The highest BCUT2D eigenvalue weighted by Crippen LogP contribution is 2.28. The zero-order valence-electron chi connectivity index (χ0n) is 17.9. The van der Waals surface area contributed by atoms with Crippen LogP contribution in [0.4, 0.5) is 0 Å². The number of phenols is 4. The number of rotatable bonds is 8. The molecule has 7 N–H and O–H groups in total. The van der Waals surface area contributed by atoms with E-state index in [1.807, 2.05) is 0 Å². The van der Waals surface area contributed by atoms with E-state index in [0.717, 1.165) is 6.08 Å². The van der Waals surface area contributed by atoms with Crippen molar-refractivity contribution >= 4 is 12.0 Å². The molecule has 0 saturated carbocycles. The van der Waals surface area contributed by atoms with E-state index in [2.05, 4.69) is 0 Å². The van der Waals surface area contributed by atoms with Crippen molar-refractivity contribution in [3.8, 4) is 23.0 Å². The molecule has 184 valence electrons. The zero-order valence-corrected chi connectivity index (χ0v) is 17.9. The number of phenolic OH excluding ortho intramolecular Hbond substituents is 4. The number of ether oxygens (including phenoxy) is 3. The first kappa shape index (κ1) is 25.3. The Morgan fingerprint density at radius 2 is 1.62 bits per heavy atom. The van der Waals surface area contributed by atoms with E-state index in [4.69, 9.17) is 14.2 Å². The molecule has 1 aliphatic rings. The Hall–Kier alpha value is -3.35. The number of aliphatic hydroxyl groups excluding tert-OH is 3. The van der Waals surface area contributed by atoms with Crippen LogP contribution >= 0.6 is 0 Å². The fraction of sp³-hybridized carbons (Fsp3) is 0.348. The molecule has 11 nitrogen and oxygen atoms in total. The number of carbonyl (C=O) groups excluding carboxylic acids is 1. The first-order valence-electron chi connectivity index (χ1n) is 10.3. The Balaban J connectivity index is 1.56. The summed E-state index contributed by atoms with van der Waals surface area (Å²) in [6, 6.07) is 8.15. The SMILES string of the molecule is O=C(/C=C/c1ccc(O)c(O)c1)O[C@@H]1C(CO)O[C@@H](OCCc2ccc(O)c(O)c2)C(O)C1O. The maximum atomic E-state index is 12.2. The predicted molar refractivity (Wildman–Crippen MR) is 116 cm³/mol. The monoisotopic (exact) mass is 478 g/mol. The smallest absolute Gasteiger partial charge is 0.331 e. The summed E-state index contributed by atoms with van der Waals surface area (Å²) in [5.74, 6) is -2.15. The van der Waals surface area contributed by atoms with Crippen molar-refractivity contribution in [2.45, 2.75) is 37.1 Å². The molecular formula is C23H26O11. The van der Waals surface area contributed by atoms with Crippen LogP contribution in [-0.4, -0.2) is 85.6 Å². The van der Waals surface area contributed by atoms with E-state index < -0.39 is 43.3 Å². The Labute approximate surface area is 194 Å². The van der Waals surface area contributed by atoms with Crippen LogP contribution in [0.15, 0.2) is 42.5 Å². The maximum absolute atomic E-state index is 12.2. The Bertz CT molecular complexity index is 1020. The van der Waals surface area contributed by atoms with Crippen LogP contribution in [0.2, 0.25) is 0 Å². The molecule has 11 heteroatoms. The summed E-state index contributed by atoms with van der Waals surface area (Å²) in [5, 5.41) is 68.1. The lowest BCUT2D eigenvalue weighted by atomic mass is 9.99. The third-order valence-corrected chi connectivity index (χ3v) is 5.20. The molecule has 1 fully saturated rings. The molecule has 2 aromatic rings. The van der Waals surface area contributed by atoms with Gasteiger partial charge in [0.25, 0.3) is 0 Å². The summed E-state index contributed by atoms with van der Waals surface area (Å²) in [6.07, 6.45) is -4.50. The minimum atomic E-state index is -1.62. The molecule has 0 bridgehead atoms. The van der Waals surface area contributed by atoms with Crippen molar-refractivity contribution in [3.05, 3.63) is 53.6 Å². The number of carbonyl (C=O) groups is 1. The molecule has 1 heterocycles. The van der Waals surface area contributed by atoms with Gasteiger partial charge in [-0.15, -0.1) is 0 Å². The fourth-order valence-corrected chi connectivity index (χ4v) is 3.34. The maximum Gasteiger partial charge on any atom is 0.331 e. The predicted octanol–water partition coefficient (Wildman–Crippen LogP) is 0.132. The Morgan fingerprint density at radius 3 is 2.26 bits per heavy atom. The highest BCUT2D eigenvalue weighted by atomic mass is 16.7. The minimum absolute atomic E-state index is 0.0173. The zero-order chi connectivity index (χ0) is 24.8. The lowest BCUT2D eigenvalue weighted by Gasteiger charge is -2.41. The van der Waals surface area contributed by atoms with E-state index in [9.17, 15) is 40.5 Å². The van der Waals surface area contributed by atoms with Crippen LogP contribution in [0, 0.1) is 0 Å². The van der Waals surface area contributed by atoms with E-state index in [1.165, 1.54) is 36.4 Å². The second kappa shape index (κ2) is 11.2. The average molecular weight is 478 g/mol. The lowest BCUT2D eigenvalue weighted by molar-refractivity contribution is -0.302. The van der Waals surface area contributed by atoms with Crippen LogP contribution in [0.1, 0.15) is 11.1 Å². The number of hydrogen-bond acceptors (Lipinski definition) is 11. The normalized spacial score (nSPS) is 24.9. The van der Waals surface area contributed by atoms with E-state index in [1.54, 1.807) is 6.07 Å². The molecule has 0 aliphatic carbocycles. The van der Waals surface area contributed by atoms with Crippen LogP contribution in [0.25, 0.3) is 6.08 Å². The number of aliphatic hydroxyl groups is 3. The second-order valence-corrected chi connectivity index (χ2v) is 7.63. The average Bonchev–Trinajstić information content (AvgIpc) is 2.81. The minimum Gasteiger partial charge on any atom is -0.504 e. The van der Waals surface area contributed by atoms with Crippen LogP contribution in [-0.2, 0) is 25.4 Å². The summed E-state index contributed by atoms with van der Waals surface area (Å²) >= 11 is 0. The van der Waals surface area contributed by atoms with Crippen LogP contribution < -0.4 is 0 Å². The van der Waals surface area contributed by atoms with Crippen molar-refractivity contribution in [3.63, 3.8) is 0 Å². The molecule has 2 aromatic carbocycles. The van der Waals surface area contributed by atoms with Crippen molar-refractivity contribution in [1.82, 2.24) is 0 Å². The first-order valence-corrected chi connectivity index (χ1v) is 10.3. The number of esters is 1. The molecule has 0 spiro atoms. The summed E-state index contributed by atoms with van der Waals surface area (Å²) < 4.78 is 16.1. The largest absolute Gasteiger partial charge is 0.504 e. The molecule has 34 heavy (non-hydrogen) atoms. The number of aromatic hydroxyl groups is 4. The van der Waals surface area contributed by atoms with Gasteiger partial charge in [-0.25, -0.2) is 4.79 Å². The van der Waals surface area contributed by atoms with E-state index in [-0.39, 0.29) is 36.0 Å². The van der Waals surface area contributed by atoms with Gasteiger partial charge < -0.3 is 50.0 Å². The van der Waals surface area contributed by atoms with Gasteiger partial charge >= 0.3 is 5.97 Å². The summed E-state index contributed by atoms with van der Waals surface area (Å²) in [7, 11) is 0. The Morgan fingerprint density at radius 1 is 0.941 bits per heavy atom. The molecular weight excluding hydrogens is 452 g/mol. The second-order valence-electron chi connectivity index (χ2n) is 7.63. The van der Waals surface area contributed by atoms with Gasteiger partial charge in [-0.1, -0.05) is 12.1 Å². The third kappa shape index (κ3) is 6.16. The molecule has 0 aromatic heterocycles. The molecule has 5 atom stereocenters. The van der Waals surface area contributed by atoms with Gasteiger partial charge in [-0.05, 0) is 47.9 Å². The first-order chi connectivity index (χ1) is 16.2. The third-order valence-electron chi connectivity index (χ3n) is 5.20. The van der Waals surface area contributed by atoms with Crippen molar-refractivity contribution in [2.75, 3.05) is 13.2 Å². The standard InChI is InChI=1S/C23H26O11/c24-11-18-22(34-19(29)6-3-12-1-4-14(25)16(27)9-12)20(30)21(31)23(33-18)32-8-7-13-2-5-15(26)17(28)10-13/h1-6,9-10,18,20-28,30-31H,7-8,11H2/b6-3+/t18?,20?,21?,22-,23-/m1/s1. The molecule has 0 amide bonds. The van der Waals surface area contributed by atoms with Crippen molar-refractivity contribution in [2.24, 2.45) is 0 Å². The highest BCUT2D eigenvalue weighted by Gasteiger charge is 2.46. The lowest BCUT2D eigenvalue weighted by Crippen LogP contribution is -2.60. The van der Waals surface area contributed by atoms with Gasteiger partial charge in [0.1, 0.15) is 18.3 Å². The van der Waals surface area contributed by atoms with E-state index in [0.29, 0.717) is 11.1 Å². The molecule has 3 unspecified atom stereocenters. The molecule has 0 radical (unpaired) electrons. The summed E-state index contributed by atoms with van der Waals surface area (Å²) in [6.45, 7) is -0.619. The number of hydrogen-bond donors (Lipinski definition) is 7. The van der Waals surface area contributed by atoms with Crippen molar-refractivity contribution < 1.29 is 54.8 Å². The molecule has 1 saturated heterocycles. The number of benzene rings is 2. The van der Waals surface area contributed by atoms with Gasteiger partial charge in [0.05, 0.1) is 13.2 Å². The van der Waals surface area contributed by atoms with E-state index >= 15 is 0 Å². The topological polar surface area (TPSA) is 186 Å². The van der Waals surface area contributed by atoms with Gasteiger partial charge in [0.2, 0.25) is 0 Å². The quantitative estimate of drug-likeness (QED) is 0.155. The van der Waals surface area contributed by atoms with Gasteiger partial charge in [-0.2, -0.15) is 0 Å². The van der Waals surface area contributed by atoms with Gasteiger partial charge in [-0.3, -0.25) is 0 Å². The van der Waals surface area contributed by atoms with Crippen molar-refractivity contribution in [1.29, 1.82) is 0 Å².